The van der Waals surface area contributed by atoms with Gasteiger partial charge in [0.1, 0.15) is 0 Å². The zero-order valence-corrected chi connectivity index (χ0v) is 18.7. The summed E-state index contributed by atoms with van der Waals surface area (Å²) in [6.45, 7) is 11.2. The van der Waals surface area contributed by atoms with Gasteiger partial charge >= 0.3 is 0 Å². The van der Waals surface area contributed by atoms with Gasteiger partial charge in [-0.25, -0.2) is 8.78 Å². The molecule has 0 amide bonds. The van der Waals surface area contributed by atoms with Crippen LogP contribution in [0.1, 0.15) is 71.3 Å². The molecule has 3 N–H and O–H groups in total. The van der Waals surface area contributed by atoms with Crippen molar-refractivity contribution in [1.29, 1.82) is 0 Å². The van der Waals surface area contributed by atoms with Crippen LogP contribution in [-0.4, -0.2) is 17.7 Å². The molecule has 1 aromatic carbocycles. The van der Waals surface area contributed by atoms with E-state index in [9.17, 15) is 8.78 Å². The highest BCUT2D eigenvalue weighted by Gasteiger charge is 2.37. The molecule has 2 saturated carbocycles. The minimum absolute atomic E-state index is 0.101. The Morgan fingerprint density at radius 2 is 1.87 bits per heavy atom. The average Bonchev–Trinajstić information content (AvgIpc) is 2.63. The third-order valence-corrected chi connectivity index (χ3v) is 6.17. The van der Waals surface area contributed by atoms with E-state index in [4.69, 9.17) is 10.7 Å². The van der Waals surface area contributed by atoms with Crippen LogP contribution in [0.15, 0.2) is 46.6 Å². The predicted octanol–water partition coefficient (Wildman–Crippen LogP) is 7.06. The van der Waals surface area contributed by atoms with Crippen molar-refractivity contribution in [3.63, 3.8) is 0 Å². The summed E-state index contributed by atoms with van der Waals surface area (Å²) in [7, 11) is 0. The van der Waals surface area contributed by atoms with Gasteiger partial charge in [0.2, 0.25) is 0 Å². The molecule has 2 aliphatic carbocycles. The van der Waals surface area contributed by atoms with Crippen molar-refractivity contribution in [1.82, 2.24) is 0 Å². The molecule has 0 bridgehead atoms. The molecule has 0 unspecified atom stereocenters. The SMILES string of the molecule is C=C1CC(C)(C)CC(=Nc2ccc(C)c(NC3CCCCC3)c2)C1=C(N)C(C)(F)F. The second kappa shape index (κ2) is 8.52. The Labute approximate surface area is 179 Å². The summed E-state index contributed by atoms with van der Waals surface area (Å²) in [4.78, 5) is 4.82. The lowest BCUT2D eigenvalue weighted by molar-refractivity contribution is 0.0609. The number of nitrogens with two attached hydrogens (primary N) is 1. The molecule has 0 aromatic heterocycles. The van der Waals surface area contributed by atoms with Gasteiger partial charge in [-0.1, -0.05) is 45.8 Å². The van der Waals surface area contributed by atoms with Crippen LogP contribution in [0.5, 0.6) is 0 Å². The number of rotatable bonds is 4. The number of benzene rings is 1. The first kappa shape index (κ1) is 22.5. The maximum absolute atomic E-state index is 14.1. The number of aliphatic imine (C=N–C) groups is 1. The van der Waals surface area contributed by atoms with E-state index in [1.165, 1.54) is 32.1 Å². The minimum atomic E-state index is -3.11. The van der Waals surface area contributed by atoms with Crippen molar-refractivity contribution in [2.75, 3.05) is 5.32 Å². The second-order valence-corrected chi connectivity index (χ2v) is 9.84. The van der Waals surface area contributed by atoms with Gasteiger partial charge < -0.3 is 11.1 Å². The van der Waals surface area contributed by atoms with Gasteiger partial charge in [0.25, 0.3) is 5.92 Å². The van der Waals surface area contributed by atoms with E-state index >= 15 is 0 Å². The second-order valence-electron chi connectivity index (χ2n) is 9.84. The van der Waals surface area contributed by atoms with Crippen molar-refractivity contribution in [2.45, 2.75) is 84.6 Å². The molecule has 1 aromatic rings. The Morgan fingerprint density at radius 3 is 2.50 bits per heavy atom. The van der Waals surface area contributed by atoms with Gasteiger partial charge in [-0.05, 0) is 61.3 Å². The Kier molecular flexibility index (Phi) is 6.40. The summed E-state index contributed by atoms with van der Waals surface area (Å²) in [5, 5.41) is 3.67. The maximum Gasteiger partial charge on any atom is 0.285 e. The summed E-state index contributed by atoms with van der Waals surface area (Å²) in [6.07, 6.45) is 7.40. The molecule has 0 aliphatic heterocycles. The Bertz CT molecular complexity index is 869. The Morgan fingerprint density at radius 1 is 1.20 bits per heavy atom. The number of alkyl halides is 2. The van der Waals surface area contributed by atoms with Crippen LogP contribution in [-0.2, 0) is 0 Å². The molecule has 3 nitrogen and oxygen atoms in total. The number of anilines is 1. The van der Waals surface area contributed by atoms with Gasteiger partial charge in [-0.2, -0.15) is 0 Å². The summed E-state index contributed by atoms with van der Waals surface area (Å²) < 4.78 is 28.1. The third-order valence-electron chi connectivity index (χ3n) is 6.17. The zero-order chi connectivity index (χ0) is 22.1. The van der Waals surface area contributed by atoms with Crippen molar-refractivity contribution in [2.24, 2.45) is 16.1 Å². The van der Waals surface area contributed by atoms with Crippen LogP contribution in [0.3, 0.4) is 0 Å². The predicted molar refractivity (Wildman–Crippen MR) is 123 cm³/mol. The van der Waals surface area contributed by atoms with Crippen LogP contribution in [0.2, 0.25) is 0 Å². The molecular weight excluding hydrogens is 380 g/mol. The molecule has 2 fully saturated rings. The number of hydrogen-bond acceptors (Lipinski definition) is 3. The molecular formula is C25H35F2N3. The van der Waals surface area contributed by atoms with Crippen molar-refractivity contribution in [3.05, 3.63) is 47.2 Å². The molecule has 0 saturated heterocycles. The first-order valence-corrected chi connectivity index (χ1v) is 11.0. The van der Waals surface area contributed by atoms with E-state index in [2.05, 4.69) is 32.7 Å². The number of halogens is 2. The summed E-state index contributed by atoms with van der Waals surface area (Å²) in [6, 6.07) is 6.49. The average molecular weight is 416 g/mol. The van der Waals surface area contributed by atoms with Crippen LogP contribution < -0.4 is 11.1 Å². The smallest absolute Gasteiger partial charge is 0.285 e. The van der Waals surface area contributed by atoms with Gasteiger partial charge in [-0.3, -0.25) is 4.99 Å². The van der Waals surface area contributed by atoms with E-state index < -0.39 is 11.6 Å². The lowest BCUT2D eigenvalue weighted by Crippen LogP contribution is -2.32. The van der Waals surface area contributed by atoms with Gasteiger partial charge in [0.15, 0.2) is 0 Å². The molecule has 164 valence electrons. The number of hydrogen-bond donors (Lipinski definition) is 2. The van der Waals surface area contributed by atoms with Gasteiger partial charge in [-0.15, -0.1) is 0 Å². The van der Waals surface area contributed by atoms with Crippen LogP contribution in [0.25, 0.3) is 0 Å². The molecule has 0 radical (unpaired) electrons. The van der Waals surface area contributed by atoms with Crippen LogP contribution in [0.4, 0.5) is 20.2 Å². The van der Waals surface area contributed by atoms with E-state index in [0.29, 0.717) is 35.7 Å². The normalized spacial score (nSPS) is 23.5. The minimum Gasteiger partial charge on any atom is -0.397 e. The highest BCUT2D eigenvalue weighted by molar-refractivity contribution is 6.07. The topological polar surface area (TPSA) is 50.4 Å². The highest BCUT2D eigenvalue weighted by Crippen LogP contribution is 2.42. The van der Waals surface area contributed by atoms with Gasteiger partial charge in [0.05, 0.1) is 17.1 Å². The monoisotopic (exact) mass is 415 g/mol. The summed E-state index contributed by atoms with van der Waals surface area (Å²) in [5.74, 6) is -3.11. The lowest BCUT2D eigenvalue weighted by atomic mass is 9.71. The molecule has 30 heavy (non-hydrogen) atoms. The fourth-order valence-corrected chi connectivity index (χ4v) is 4.59. The quantitative estimate of drug-likeness (QED) is 0.553. The molecule has 0 spiro atoms. The molecule has 3 rings (SSSR count). The van der Waals surface area contributed by atoms with Crippen molar-refractivity contribution in [3.8, 4) is 0 Å². The molecule has 0 heterocycles. The number of nitrogens with one attached hydrogen (secondary N) is 1. The highest BCUT2D eigenvalue weighted by atomic mass is 19.3. The zero-order valence-electron chi connectivity index (χ0n) is 18.7. The number of allylic oxidation sites excluding steroid dienone is 3. The number of nitrogens with zero attached hydrogens (tertiary/aromatic N) is 1. The Hall–Kier alpha value is -2.17. The molecule has 2 aliphatic rings. The van der Waals surface area contributed by atoms with Crippen LogP contribution in [0, 0.1) is 12.3 Å². The van der Waals surface area contributed by atoms with Crippen LogP contribution >= 0.6 is 0 Å². The standard InChI is InChI=1S/C25H35F2N3/c1-16-11-12-19(13-20(16)29-18-9-7-6-8-10-18)30-21-15-24(3,4)14-17(2)22(21)23(28)25(5,26)27/h11-13,18,29H,2,6-10,14-15,28H2,1,3-5H3. The fraction of sp³-hybridized carbons (Fsp3) is 0.560. The maximum atomic E-state index is 14.1. The summed E-state index contributed by atoms with van der Waals surface area (Å²) >= 11 is 0. The van der Waals surface area contributed by atoms with Crippen molar-refractivity contribution >= 4 is 17.1 Å². The van der Waals surface area contributed by atoms with Gasteiger partial charge in [0, 0.05) is 24.2 Å². The number of aryl methyl sites for hydroxylation is 1. The van der Waals surface area contributed by atoms with E-state index in [-0.39, 0.29) is 5.41 Å². The fourth-order valence-electron chi connectivity index (χ4n) is 4.59. The first-order valence-electron chi connectivity index (χ1n) is 11.0. The lowest BCUT2D eigenvalue weighted by Gasteiger charge is -2.35. The van der Waals surface area contributed by atoms with E-state index in [0.717, 1.165) is 23.9 Å². The largest absolute Gasteiger partial charge is 0.397 e. The summed E-state index contributed by atoms with van der Waals surface area (Å²) in [5.41, 5.74) is 9.92. The van der Waals surface area contributed by atoms with E-state index in [1.807, 2.05) is 18.2 Å². The first-order chi connectivity index (χ1) is 14.0. The third kappa shape index (κ3) is 5.30. The molecule has 5 heteroatoms. The molecule has 0 atom stereocenters. The van der Waals surface area contributed by atoms with Crippen molar-refractivity contribution < 1.29 is 8.78 Å². The van der Waals surface area contributed by atoms with E-state index in [1.54, 1.807) is 0 Å². The Balaban J connectivity index is 1.99.